The second-order valence-electron chi connectivity index (χ2n) is 4.86. The number of benzene rings is 2. The van der Waals surface area contributed by atoms with Crippen LogP contribution in [-0.2, 0) is 6.54 Å². The van der Waals surface area contributed by atoms with E-state index in [-0.39, 0.29) is 0 Å². The van der Waals surface area contributed by atoms with E-state index in [2.05, 4.69) is 43.4 Å². The van der Waals surface area contributed by atoms with E-state index in [1.165, 1.54) is 22.3 Å². The van der Waals surface area contributed by atoms with Gasteiger partial charge in [0.05, 0.1) is 11.4 Å². The van der Waals surface area contributed by atoms with Crippen molar-refractivity contribution in [2.24, 2.45) is 0 Å². The highest BCUT2D eigenvalue weighted by atomic mass is 14.9. The topological polar surface area (TPSA) is 38.0 Å². The number of nitrogen functional groups attached to an aromatic ring is 1. The minimum Gasteiger partial charge on any atom is -0.397 e. The molecule has 0 fully saturated rings. The lowest BCUT2D eigenvalue weighted by molar-refractivity contribution is 1.13. The molecule has 0 aliphatic rings. The van der Waals surface area contributed by atoms with Gasteiger partial charge >= 0.3 is 0 Å². The summed E-state index contributed by atoms with van der Waals surface area (Å²) in [5.41, 5.74) is 12.9. The molecule has 2 rings (SSSR count). The largest absolute Gasteiger partial charge is 0.397 e. The van der Waals surface area contributed by atoms with E-state index in [0.29, 0.717) is 0 Å². The molecule has 0 aliphatic heterocycles. The van der Waals surface area contributed by atoms with Gasteiger partial charge in [0.2, 0.25) is 0 Å². The molecular weight excluding hydrogens is 220 g/mol. The molecule has 0 unspecified atom stereocenters. The predicted molar refractivity (Wildman–Crippen MR) is 78.8 cm³/mol. The quantitative estimate of drug-likeness (QED) is 0.801. The fourth-order valence-electron chi connectivity index (χ4n) is 1.95. The predicted octanol–water partition coefficient (Wildman–Crippen LogP) is 3.81. The maximum Gasteiger partial charge on any atom is 0.0576 e. The van der Waals surface area contributed by atoms with Crippen molar-refractivity contribution >= 4 is 11.4 Å². The molecule has 3 N–H and O–H groups in total. The number of hydrogen-bond acceptors (Lipinski definition) is 2. The zero-order valence-corrected chi connectivity index (χ0v) is 11.2. The third-order valence-corrected chi connectivity index (χ3v) is 3.26. The van der Waals surface area contributed by atoms with Crippen LogP contribution in [0.4, 0.5) is 11.4 Å². The van der Waals surface area contributed by atoms with Crippen molar-refractivity contribution < 1.29 is 0 Å². The Labute approximate surface area is 109 Å². The standard InChI is InChI=1S/C16H20N2/c1-11-4-7-16(15(17)8-11)18-10-14-6-5-12(2)13(3)9-14/h4-9,18H,10,17H2,1-3H3. The Hall–Kier alpha value is -1.96. The van der Waals surface area contributed by atoms with Crippen LogP contribution in [0.15, 0.2) is 36.4 Å². The molecule has 0 spiro atoms. The monoisotopic (exact) mass is 240 g/mol. The number of hydrogen-bond donors (Lipinski definition) is 2. The van der Waals surface area contributed by atoms with Gasteiger partial charge in [-0.3, -0.25) is 0 Å². The minimum absolute atomic E-state index is 0.800. The molecule has 0 radical (unpaired) electrons. The van der Waals surface area contributed by atoms with Gasteiger partial charge in [-0.2, -0.15) is 0 Å². The highest BCUT2D eigenvalue weighted by molar-refractivity contribution is 5.66. The van der Waals surface area contributed by atoms with E-state index in [4.69, 9.17) is 5.73 Å². The summed E-state index contributed by atoms with van der Waals surface area (Å²) in [4.78, 5) is 0. The van der Waals surface area contributed by atoms with Crippen molar-refractivity contribution in [3.63, 3.8) is 0 Å². The summed E-state index contributed by atoms with van der Waals surface area (Å²) in [5, 5.41) is 3.38. The number of rotatable bonds is 3. The van der Waals surface area contributed by atoms with Gasteiger partial charge in [-0.1, -0.05) is 24.3 Å². The first-order chi connectivity index (χ1) is 8.56. The summed E-state index contributed by atoms with van der Waals surface area (Å²) in [5.74, 6) is 0. The van der Waals surface area contributed by atoms with E-state index in [0.717, 1.165) is 17.9 Å². The highest BCUT2D eigenvalue weighted by Gasteiger charge is 2.00. The van der Waals surface area contributed by atoms with Crippen molar-refractivity contribution in [2.45, 2.75) is 27.3 Å². The van der Waals surface area contributed by atoms with Gasteiger partial charge in [-0.15, -0.1) is 0 Å². The lowest BCUT2D eigenvalue weighted by Crippen LogP contribution is -2.03. The Balaban J connectivity index is 2.09. The van der Waals surface area contributed by atoms with Gasteiger partial charge < -0.3 is 11.1 Å². The van der Waals surface area contributed by atoms with Crippen LogP contribution >= 0.6 is 0 Å². The summed E-state index contributed by atoms with van der Waals surface area (Å²) in [6.07, 6.45) is 0. The molecule has 0 aromatic heterocycles. The number of nitrogens with one attached hydrogen (secondary N) is 1. The molecule has 2 aromatic carbocycles. The smallest absolute Gasteiger partial charge is 0.0576 e. The molecule has 18 heavy (non-hydrogen) atoms. The van der Waals surface area contributed by atoms with Gasteiger partial charge in [0, 0.05) is 6.54 Å². The van der Waals surface area contributed by atoms with Crippen LogP contribution in [0.5, 0.6) is 0 Å². The summed E-state index contributed by atoms with van der Waals surface area (Å²) >= 11 is 0. The van der Waals surface area contributed by atoms with Crippen LogP contribution in [0.25, 0.3) is 0 Å². The van der Waals surface area contributed by atoms with E-state index < -0.39 is 0 Å². The van der Waals surface area contributed by atoms with Crippen molar-refractivity contribution in [2.75, 3.05) is 11.1 Å². The van der Waals surface area contributed by atoms with Crippen molar-refractivity contribution in [1.29, 1.82) is 0 Å². The highest BCUT2D eigenvalue weighted by Crippen LogP contribution is 2.20. The lowest BCUT2D eigenvalue weighted by atomic mass is 10.1. The van der Waals surface area contributed by atoms with Crippen molar-refractivity contribution in [1.82, 2.24) is 0 Å². The van der Waals surface area contributed by atoms with Crippen LogP contribution in [0, 0.1) is 20.8 Å². The zero-order valence-electron chi connectivity index (χ0n) is 11.2. The number of anilines is 2. The van der Waals surface area contributed by atoms with Crippen molar-refractivity contribution in [3.8, 4) is 0 Å². The fraction of sp³-hybridized carbons (Fsp3) is 0.250. The normalized spacial score (nSPS) is 10.4. The molecule has 0 amide bonds. The Morgan fingerprint density at radius 3 is 2.39 bits per heavy atom. The van der Waals surface area contributed by atoms with E-state index in [1.54, 1.807) is 0 Å². The summed E-state index contributed by atoms with van der Waals surface area (Å²) in [6, 6.07) is 12.6. The number of nitrogens with two attached hydrogens (primary N) is 1. The molecule has 94 valence electrons. The van der Waals surface area contributed by atoms with E-state index in [9.17, 15) is 0 Å². The van der Waals surface area contributed by atoms with E-state index in [1.807, 2.05) is 19.1 Å². The van der Waals surface area contributed by atoms with E-state index >= 15 is 0 Å². The summed E-state index contributed by atoms with van der Waals surface area (Å²) < 4.78 is 0. The van der Waals surface area contributed by atoms with Crippen LogP contribution in [-0.4, -0.2) is 0 Å². The van der Waals surface area contributed by atoms with Crippen LogP contribution in [0.2, 0.25) is 0 Å². The van der Waals surface area contributed by atoms with Gasteiger partial charge in [-0.05, 0) is 55.2 Å². The average molecular weight is 240 g/mol. The van der Waals surface area contributed by atoms with Crippen LogP contribution in [0.3, 0.4) is 0 Å². The lowest BCUT2D eigenvalue weighted by Gasteiger charge is -2.11. The third-order valence-electron chi connectivity index (χ3n) is 3.26. The second kappa shape index (κ2) is 5.13. The number of aryl methyl sites for hydroxylation is 3. The fourth-order valence-corrected chi connectivity index (χ4v) is 1.95. The zero-order chi connectivity index (χ0) is 13.1. The molecule has 0 heterocycles. The maximum absolute atomic E-state index is 5.98. The first-order valence-electron chi connectivity index (χ1n) is 6.22. The van der Waals surface area contributed by atoms with Crippen LogP contribution in [0.1, 0.15) is 22.3 Å². The molecule has 2 nitrogen and oxygen atoms in total. The Morgan fingerprint density at radius 2 is 1.72 bits per heavy atom. The molecule has 0 saturated carbocycles. The third kappa shape index (κ3) is 2.83. The summed E-state index contributed by atoms with van der Waals surface area (Å²) in [6.45, 7) is 7.11. The molecule has 0 aliphatic carbocycles. The molecule has 0 bridgehead atoms. The Morgan fingerprint density at radius 1 is 0.944 bits per heavy atom. The van der Waals surface area contributed by atoms with Gasteiger partial charge in [0.15, 0.2) is 0 Å². The van der Waals surface area contributed by atoms with Gasteiger partial charge in [0.25, 0.3) is 0 Å². The molecule has 2 aromatic rings. The first kappa shape index (κ1) is 12.5. The average Bonchev–Trinajstić information content (AvgIpc) is 2.32. The Kier molecular flexibility index (Phi) is 3.56. The summed E-state index contributed by atoms with van der Waals surface area (Å²) in [7, 11) is 0. The molecule has 2 heteroatoms. The molecule has 0 saturated heterocycles. The second-order valence-corrected chi connectivity index (χ2v) is 4.86. The maximum atomic E-state index is 5.98. The first-order valence-corrected chi connectivity index (χ1v) is 6.22. The van der Waals surface area contributed by atoms with Gasteiger partial charge in [0.1, 0.15) is 0 Å². The van der Waals surface area contributed by atoms with Gasteiger partial charge in [-0.25, -0.2) is 0 Å². The molecule has 0 atom stereocenters. The van der Waals surface area contributed by atoms with Crippen molar-refractivity contribution in [3.05, 3.63) is 58.7 Å². The Bertz CT molecular complexity index is 559. The van der Waals surface area contributed by atoms with Crippen LogP contribution < -0.4 is 11.1 Å². The minimum atomic E-state index is 0.800. The molecular formula is C16H20N2. The SMILES string of the molecule is Cc1ccc(NCc2ccc(C)c(C)c2)c(N)c1.